The summed E-state index contributed by atoms with van der Waals surface area (Å²) in [7, 11) is 0. The Morgan fingerprint density at radius 3 is 2.50 bits per heavy atom. The Balaban J connectivity index is 2.54. The molecule has 0 spiro atoms. The molecular weight excluding hydrogens is 200 g/mol. The fraction of sp³-hybridized carbons (Fsp3) is 0.0769. The van der Waals surface area contributed by atoms with Gasteiger partial charge in [0.15, 0.2) is 0 Å². The van der Waals surface area contributed by atoms with E-state index in [1.54, 1.807) is 6.07 Å². The molecule has 0 atom stereocenters. The Morgan fingerprint density at radius 1 is 1.00 bits per heavy atom. The molecule has 0 amide bonds. The summed E-state index contributed by atoms with van der Waals surface area (Å²) in [6.45, 7) is 0.00952. The fourth-order valence-electron chi connectivity index (χ4n) is 1.66. The predicted molar refractivity (Wildman–Crippen MR) is 66.6 cm³/mol. The Kier molecular flexibility index (Phi) is 2.79. The topological polar surface area (TPSA) is 72.3 Å². The lowest BCUT2D eigenvalue weighted by atomic mass is 10.0. The molecule has 0 saturated heterocycles. The molecule has 5 N–H and O–H groups in total. The minimum atomic E-state index is 0.00952. The lowest BCUT2D eigenvalue weighted by molar-refractivity contribution is 0.282. The molecule has 2 aromatic carbocycles. The molecule has 3 heteroatoms. The monoisotopic (exact) mass is 214 g/mol. The van der Waals surface area contributed by atoms with Crippen LogP contribution in [0.2, 0.25) is 0 Å². The van der Waals surface area contributed by atoms with Crippen LogP contribution in [0, 0.1) is 0 Å². The van der Waals surface area contributed by atoms with Gasteiger partial charge in [0.05, 0.1) is 6.61 Å². The third-order valence-corrected chi connectivity index (χ3v) is 2.50. The maximum absolute atomic E-state index is 9.09. The van der Waals surface area contributed by atoms with Crippen molar-refractivity contribution in [3.05, 3.63) is 48.0 Å². The van der Waals surface area contributed by atoms with Gasteiger partial charge in [0, 0.05) is 16.9 Å². The van der Waals surface area contributed by atoms with Crippen LogP contribution in [0.1, 0.15) is 5.56 Å². The second-order valence-electron chi connectivity index (χ2n) is 3.71. The van der Waals surface area contributed by atoms with Crippen molar-refractivity contribution in [2.45, 2.75) is 6.61 Å². The molecule has 16 heavy (non-hydrogen) atoms. The largest absolute Gasteiger partial charge is 0.399 e. The van der Waals surface area contributed by atoms with E-state index in [1.807, 2.05) is 36.4 Å². The van der Waals surface area contributed by atoms with Crippen molar-refractivity contribution in [2.75, 3.05) is 11.5 Å². The van der Waals surface area contributed by atoms with E-state index in [1.165, 1.54) is 0 Å². The van der Waals surface area contributed by atoms with Crippen LogP contribution in [0.5, 0.6) is 0 Å². The average molecular weight is 214 g/mol. The molecule has 82 valence electrons. The molecule has 2 rings (SSSR count). The van der Waals surface area contributed by atoms with E-state index < -0.39 is 0 Å². The highest BCUT2D eigenvalue weighted by molar-refractivity contribution is 5.78. The fourth-order valence-corrected chi connectivity index (χ4v) is 1.66. The summed E-state index contributed by atoms with van der Waals surface area (Å²) in [6.07, 6.45) is 0. The van der Waals surface area contributed by atoms with E-state index in [0.29, 0.717) is 11.4 Å². The maximum Gasteiger partial charge on any atom is 0.0682 e. The molecule has 0 aliphatic rings. The second-order valence-corrected chi connectivity index (χ2v) is 3.71. The van der Waals surface area contributed by atoms with Crippen LogP contribution in [-0.4, -0.2) is 5.11 Å². The minimum Gasteiger partial charge on any atom is -0.399 e. The van der Waals surface area contributed by atoms with Crippen LogP contribution in [-0.2, 0) is 6.61 Å². The zero-order valence-electron chi connectivity index (χ0n) is 8.85. The van der Waals surface area contributed by atoms with Gasteiger partial charge >= 0.3 is 0 Å². The number of hydrogen-bond donors (Lipinski definition) is 3. The van der Waals surface area contributed by atoms with Gasteiger partial charge in [-0.3, -0.25) is 0 Å². The first-order chi connectivity index (χ1) is 7.70. The van der Waals surface area contributed by atoms with E-state index >= 15 is 0 Å². The first-order valence-electron chi connectivity index (χ1n) is 5.06. The van der Waals surface area contributed by atoms with Crippen molar-refractivity contribution >= 4 is 11.4 Å². The first-order valence-corrected chi connectivity index (χ1v) is 5.06. The Labute approximate surface area is 94.3 Å². The van der Waals surface area contributed by atoms with Gasteiger partial charge in [-0.15, -0.1) is 0 Å². The zero-order valence-corrected chi connectivity index (χ0v) is 8.85. The molecule has 0 fully saturated rings. The summed E-state index contributed by atoms with van der Waals surface area (Å²) >= 11 is 0. The average Bonchev–Trinajstić information content (AvgIpc) is 2.30. The maximum atomic E-state index is 9.09. The molecule has 0 bridgehead atoms. The normalized spacial score (nSPS) is 10.3. The first kappa shape index (κ1) is 10.5. The minimum absolute atomic E-state index is 0.00952. The lowest BCUT2D eigenvalue weighted by Gasteiger charge is -2.08. The van der Waals surface area contributed by atoms with Gasteiger partial charge in [0.25, 0.3) is 0 Å². The molecule has 0 aliphatic heterocycles. The van der Waals surface area contributed by atoms with Gasteiger partial charge in [-0.05, 0) is 35.4 Å². The zero-order chi connectivity index (χ0) is 11.5. The van der Waals surface area contributed by atoms with Crippen LogP contribution >= 0.6 is 0 Å². The molecule has 3 nitrogen and oxygen atoms in total. The Bertz CT molecular complexity index is 509. The number of nitrogens with two attached hydrogens (primary N) is 2. The highest BCUT2D eigenvalue weighted by Gasteiger charge is 2.04. The molecule has 0 unspecified atom stereocenters. The van der Waals surface area contributed by atoms with E-state index in [-0.39, 0.29) is 6.61 Å². The van der Waals surface area contributed by atoms with E-state index in [2.05, 4.69) is 0 Å². The summed E-state index contributed by atoms with van der Waals surface area (Å²) in [5, 5.41) is 9.09. The van der Waals surface area contributed by atoms with Gasteiger partial charge in [-0.25, -0.2) is 0 Å². The molecule has 0 saturated carbocycles. The summed E-state index contributed by atoms with van der Waals surface area (Å²) in [5.41, 5.74) is 15.7. The van der Waals surface area contributed by atoms with Crippen molar-refractivity contribution in [2.24, 2.45) is 0 Å². The predicted octanol–water partition coefficient (Wildman–Crippen LogP) is 2.01. The Hall–Kier alpha value is -2.00. The van der Waals surface area contributed by atoms with Crippen molar-refractivity contribution in [3.63, 3.8) is 0 Å². The quantitative estimate of drug-likeness (QED) is 0.669. The molecule has 2 aromatic rings. The number of aliphatic hydroxyl groups excluding tert-OH is 1. The second kappa shape index (κ2) is 4.24. The van der Waals surface area contributed by atoms with Crippen LogP contribution in [0.4, 0.5) is 11.4 Å². The summed E-state index contributed by atoms with van der Waals surface area (Å²) in [6, 6.07) is 13.0. The van der Waals surface area contributed by atoms with Crippen LogP contribution < -0.4 is 11.5 Å². The summed E-state index contributed by atoms with van der Waals surface area (Å²) in [5.74, 6) is 0. The Morgan fingerprint density at radius 2 is 1.81 bits per heavy atom. The van der Waals surface area contributed by atoms with Crippen LogP contribution in [0.15, 0.2) is 42.5 Å². The molecule has 0 heterocycles. The third-order valence-electron chi connectivity index (χ3n) is 2.50. The van der Waals surface area contributed by atoms with Crippen molar-refractivity contribution in [1.82, 2.24) is 0 Å². The van der Waals surface area contributed by atoms with Gasteiger partial charge in [-0.2, -0.15) is 0 Å². The highest BCUT2D eigenvalue weighted by Crippen LogP contribution is 2.28. The third kappa shape index (κ3) is 1.99. The number of aliphatic hydroxyl groups is 1. The van der Waals surface area contributed by atoms with E-state index in [9.17, 15) is 0 Å². The van der Waals surface area contributed by atoms with Gasteiger partial charge < -0.3 is 16.6 Å². The highest BCUT2D eigenvalue weighted by atomic mass is 16.3. The van der Waals surface area contributed by atoms with E-state index in [4.69, 9.17) is 16.6 Å². The van der Waals surface area contributed by atoms with Gasteiger partial charge in [-0.1, -0.05) is 18.2 Å². The number of anilines is 2. The SMILES string of the molecule is Nc1cccc(-c2cc(CO)ccc2N)c1. The number of rotatable bonds is 2. The van der Waals surface area contributed by atoms with E-state index in [0.717, 1.165) is 16.7 Å². The summed E-state index contributed by atoms with van der Waals surface area (Å²) in [4.78, 5) is 0. The summed E-state index contributed by atoms with van der Waals surface area (Å²) < 4.78 is 0. The lowest BCUT2D eigenvalue weighted by Crippen LogP contribution is -1.93. The smallest absolute Gasteiger partial charge is 0.0682 e. The number of hydrogen-bond acceptors (Lipinski definition) is 3. The molecule has 0 aliphatic carbocycles. The van der Waals surface area contributed by atoms with Crippen molar-refractivity contribution in [1.29, 1.82) is 0 Å². The van der Waals surface area contributed by atoms with Crippen LogP contribution in [0.3, 0.4) is 0 Å². The van der Waals surface area contributed by atoms with Gasteiger partial charge in [0.1, 0.15) is 0 Å². The molecule has 0 aromatic heterocycles. The van der Waals surface area contributed by atoms with Crippen molar-refractivity contribution < 1.29 is 5.11 Å². The van der Waals surface area contributed by atoms with Crippen LogP contribution in [0.25, 0.3) is 11.1 Å². The number of nitrogen functional groups attached to an aromatic ring is 2. The standard InChI is InChI=1S/C13H14N2O/c14-11-3-1-2-10(7-11)12-6-9(8-16)4-5-13(12)15/h1-7,16H,8,14-15H2. The molecule has 0 radical (unpaired) electrons. The van der Waals surface area contributed by atoms with Gasteiger partial charge in [0.2, 0.25) is 0 Å². The number of benzene rings is 2. The molecular formula is C13H14N2O. The van der Waals surface area contributed by atoms with Crippen molar-refractivity contribution in [3.8, 4) is 11.1 Å².